The number of hydrogen-bond acceptors (Lipinski definition) is 3. The zero-order valence-electron chi connectivity index (χ0n) is 13.6. The fourth-order valence-electron chi connectivity index (χ4n) is 3.30. The summed E-state index contributed by atoms with van der Waals surface area (Å²) in [4.78, 5) is 30.2. The number of amides is 2. The molecular weight excluding hydrogens is 314 g/mol. The third-order valence-corrected chi connectivity index (χ3v) is 4.56. The fourth-order valence-corrected chi connectivity index (χ4v) is 3.30. The lowest BCUT2D eigenvalue weighted by Gasteiger charge is -2.17. The Balaban J connectivity index is 1.57. The Bertz CT molecular complexity index is 997. The van der Waals surface area contributed by atoms with E-state index < -0.39 is 5.91 Å². The summed E-state index contributed by atoms with van der Waals surface area (Å²) in [6.45, 7) is 0.622. The number of carbonyl (C=O) groups is 2. The van der Waals surface area contributed by atoms with Gasteiger partial charge in [-0.05, 0) is 47.9 Å². The molecule has 1 aromatic heterocycles. The van der Waals surface area contributed by atoms with Crippen LogP contribution >= 0.6 is 0 Å². The number of pyridine rings is 1. The van der Waals surface area contributed by atoms with Crippen LogP contribution in [0.15, 0.2) is 54.7 Å². The van der Waals surface area contributed by atoms with E-state index in [1.807, 2.05) is 30.3 Å². The van der Waals surface area contributed by atoms with Gasteiger partial charge < -0.3 is 10.6 Å². The number of primary amides is 1. The van der Waals surface area contributed by atoms with Crippen molar-refractivity contribution in [2.24, 2.45) is 5.73 Å². The van der Waals surface area contributed by atoms with Gasteiger partial charge >= 0.3 is 0 Å². The van der Waals surface area contributed by atoms with Crippen molar-refractivity contribution in [3.05, 3.63) is 71.4 Å². The van der Waals surface area contributed by atoms with Crippen molar-refractivity contribution in [3.8, 4) is 0 Å². The lowest BCUT2D eigenvalue weighted by atomic mass is 10.1. The topological polar surface area (TPSA) is 76.3 Å². The molecule has 2 aromatic carbocycles. The molecule has 1 aliphatic heterocycles. The van der Waals surface area contributed by atoms with Gasteiger partial charge in [-0.3, -0.25) is 14.6 Å². The van der Waals surface area contributed by atoms with Gasteiger partial charge in [-0.25, -0.2) is 0 Å². The van der Waals surface area contributed by atoms with E-state index in [-0.39, 0.29) is 5.91 Å². The van der Waals surface area contributed by atoms with Gasteiger partial charge in [-0.1, -0.05) is 18.2 Å². The van der Waals surface area contributed by atoms with Crippen LogP contribution in [0.2, 0.25) is 0 Å². The summed E-state index contributed by atoms with van der Waals surface area (Å²) < 4.78 is 0. The highest BCUT2D eigenvalue weighted by atomic mass is 16.2. The third kappa shape index (κ3) is 2.85. The average Bonchev–Trinajstić information content (AvgIpc) is 3.05. The largest absolute Gasteiger partial charge is 0.366 e. The van der Waals surface area contributed by atoms with Crippen LogP contribution in [0.5, 0.6) is 0 Å². The van der Waals surface area contributed by atoms with Crippen molar-refractivity contribution in [1.82, 2.24) is 4.98 Å². The van der Waals surface area contributed by atoms with Gasteiger partial charge in [0.2, 0.25) is 11.8 Å². The first-order valence-corrected chi connectivity index (χ1v) is 8.18. The van der Waals surface area contributed by atoms with E-state index in [4.69, 9.17) is 5.73 Å². The van der Waals surface area contributed by atoms with Crippen molar-refractivity contribution in [2.45, 2.75) is 12.8 Å². The van der Waals surface area contributed by atoms with Crippen LogP contribution in [-0.2, 0) is 17.6 Å². The Labute approximate surface area is 145 Å². The summed E-state index contributed by atoms with van der Waals surface area (Å²) in [5.74, 6) is -0.419. The fraction of sp³-hybridized carbons (Fsp3) is 0.150. The maximum absolute atomic E-state index is 12.7. The van der Waals surface area contributed by atoms with Crippen LogP contribution in [0.4, 0.5) is 5.69 Å². The molecule has 0 atom stereocenters. The second kappa shape index (κ2) is 6.02. The molecule has 0 spiro atoms. The van der Waals surface area contributed by atoms with Gasteiger partial charge in [0.1, 0.15) is 0 Å². The maximum Gasteiger partial charge on any atom is 0.248 e. The van der Waals surface area contributed by atoms with E-state index in [9.17, 15) is 9.59 Å². The number of benzene rings is 2. The van der Waals surface area contributed by atoms with Crippen LogP contribution in [-0.4, -0.2) is 23.3 Å². The quantitative estimate of drug-likeness (QED) is 0.801. The van der Waals surface area contributed by atoms with E-state index >= 15 is 0 Å². The predicted octanol–water partition coefficient (Wildman–Crippen LogP) is 2.47. The highest BCUT2D eigenvalue weighted by Crippen LogP contribution is 2.29. The minimum absolute atomic E-state index is 0.0302. The average molecular weight is 331 g/mol. The number of aromatic nitrogens is 1. The highest BCUT2D eigenvalue weighted by Gasteiger charge is 2.25. The van der Waals surface area contributed by atoms with Crippen LogP contribution in [0.1, 0.15) is 21.5 Å². The molecule has 0 saturated heterocycles. The third-order valence-electron chi connectivity index (χ3n) is 4.56. The molecule has 3 aromatic rings. The monoisotopic (exact) mass is 331 g/mol. The van der Waals surface area contributed by atoms with E-state index in [1.54, 1.807) is 29.3 Å². The molecule has 25 heavy (non-hydrogen) atoms. The summed E-state index contributed by atoms with van der Waals surface area (Å²) in [5, 5.41) is 1.03. The van der Waals surface area contributed by atoms with Gasteiger partial charge in [0.05, 0.1) is 11.9 Å². The molecule has 1 aliphatic rings. The molecular formula is C20H17N3O2. The Morgan fingerprint density at radius 3 is 2.80 bits per heavy atom. The Hall–Kier alpha value is -3.21. The van der Waals surface area contributed by atoms with Crippen LogP contribution in [0.3, 0.4) is 0 Å². The Morgan fingerprint density at radius 2 is 1.96 bits per heavy atom. The molecule has 2 N–H and O–H groups in total. The molecule has 0 fully saturated rings. The summed E-state index contributed by atoms with van der Waals surface area (Å²) >= 11 is 0. The summed E-state index contributed by atoms with van der Waals surface area (Å²) in [6.07, 6.45) is 2.79. The second-order valence-electron chi connectivity index (χ2n) is 6.22. The number of para-hydroxylation sites is 1. The molecule has 2 amide bonds. The highest BCUT2D eigenvalue weighted by molar-refractivity contribution is 5.99. The normalized spacial score (nSPS) is 13.0. The van der Waals surface area contributed by atoms with Crippen molar-refractivity contribution in [1.29, 1.82) is 0 Å². The zero-order chi connectivity index (χ0) is 17.4. The predicted molar refractivity (Wildman–Crippen MR) is 96.5 cm³/mol. The minimum atomic E-state index is -0.449. The smallest absolute Gasteiger partial charge is 0.248 e. The molecule has 2 heterocycles. The van der Waals surface area contributed by atoms with Crippen LogP contribution in [0.25, 0.3) is 10.9 Å². The molecule has 5 heteroatoms. The first-order chi connectivity index (χ1) is 12.1. The van der Waals surface area contributed by atoms with Gasteiger partial charge in [0.25, 0.3) is 0 Å². The SMILES string of the molecule is NC(=O)c1ccc2c(c1)CCN2C(=O)Cc1cnc2ccccc2c1. The molecule has 0 saturated carbocycles. The molecule has 0 aliphatic carbocycles. The molecule has 4 rings (SSSR count). The standard InChI is InChI=1S/C20H17N3O2/c21-20(25)16-5-6-18-15(11-16)7-8-23(18)19(24)10-13-9-14-3-1-2-4-17(14)22-12-13/h1-6,9,11-12H,7-8,10H2,(H2,21,25). The van der Waals surface area contributed by atoms with Crippen molar-refractivity contribution < 1.29 is 9.59 Å². The number of carbonyl (C=O) groups excluding carboxylic acids is 2. The molecule has 0 bridgehead atoms. The molecule has 5 nitrogen and oxygen atoms in total. The van der Waals surface area contributed by atoms with Gasteiger partial charge in [-0.15, -0.1) is 0 Å². The van der Waals surface area contributed by atoms with E-state index in [0.29, 0.717) is 18.5 Å². The number of nitrogens with two attached hydrogens (primary N) is 1. The molecule has 124 valence electrons. The minimum Gasteiger partial charge on any atom is -0.366 e. The van der Waals surface area contributed by atoms with E-state index in [0.717, 1.165) is 34.1 Å². The Morgan fingerprint density at radius 1 is 1.12 bits per heavy atom. The number of fused-ring (bicyclic) bond motifs is 2. The van der Waals surface area contributed by atoms with Crippen molar-refractivity contribution >= 4 is 28.4 Å². The number of hydrogen-bond donors (Lipinski definition) is 1. The van der Waals surface area contributed by atoms with Gasteiger partial charge in [0, 0.05) is 29.4 Å². The summed E-state index contributed by atoms with van der Waals surface area (Å²) in [6, 6.07) is 15.1. The number of anilines is 1. The van der Waals surface area contributed by atoms with E-state index in [2.05, 4.69) is 4.98 Å². The number of rotatable bonds is 3. The van der Waals surface area contributed by atoms with Crippen LogP contribution < -0.4 is 10.6 Å². The maximum atomic E-state index is 12.7. The first-order valence-electron chi connectivity index (χ1n) is 8.18. The Kier molecular flexibility index (Phi) is 3.69. The van der Waals surface area contributed by atoms with Crippen molar-refractivity contribution in [2.75, 3.05) is 11.4 Å². The zero-order valence-corrected chi connectivity index (χ0v) is 13.6. The summed E-state index contributed by atoms with van der Waals surface area (Å²) in [5.41, 5.74) is 9.47. The lowest BCUT2D eigenvalue weighted by Crippen LogP contribution is -2.30. The summed E-state index contributed by atoms with van der Waals surface area (Å²) in [7, 11) is 0. The lowest BCUT2D eigenvalue weighted by molar-refractivity contribution is -0.117. The van der Waals surface area contributed by atoms with E-state index in [1.165, 1.54) is 0 Å². The second-order valence-corrected chi connectivity index (χ2v) is 6.22. The number of nitrogens with zero attached hydrogens (tertiary/aromatic N) is 2. The van der Waals surface area contributed by atoms with Gasteiger partial charge in [-0.2, -0.15) is 0 Å². The van der Waals surface area contributed by atoms with Gasteiger partial charge in [0.15, 0.2) is 0 Å². The van der Waals surface area contributed by atoms with Crippen molar-refractivity contribution in [3.63, 3.8) is 0 Å². The molecule has 0 radical (unpaired) electrons. The molecule has 0 unspecified atom stereocenters. The van der Waals surface area contributed by atoms with Crippen LogP contribution in [0, 0.1) is 0 Å². The first kappa shape index (κ1) is 15.3.